The number of unbranched alkanes of at least 4 members (excludes halogenated alkanes) is 3. The minimum absolute atomic E-state index is 0. The fraction of sp³-hybridized carbons (Fsp3) is 0.923. The summed E-state index contributed by atoms with van der Waals surface area (Å²) in [6, 6.07) is 1.75. The van der Waals surface area contributed by atoms with Crippen LogP contribution in [0.5, 0.6) is 0 Å². The summed E-state index contributed by atoms with van der Waals surface area (Å²) in [6.07, 6.45) is 5.54. The molecule has 0 saturated heterocycles. The lowest BCUT2D eigenvalue weighted by atomic mass is 10.2. The minimum atomic E-state index is 0. The second-order valence-electron chi connectivity index (χ2n) is 4.25. The van der Waals surface area contributed by atoms with Crippen LogP contribution in [0.2, 0.25) is 0 Å². The number of nitriles is 1. The van der Waals surface area contributed by atoms with E-state index in [4.69, 9.17) is 10.00 Å². The third kappa shape index (κ3) is 70.6. The monoisotopic (exact) mass is 233 g/mol. The molecular formula is C13H31NO2. The molecule has 0 atom stereocenters. The first-order chi connectivity index (χ1) is 6.89. The highest BCUT2D eigenvalue weighted by Crippen LogP contribution is 2.02. The van der Waals surface area contributed by atoms with Crippen LogP contribution in [0.1, 0.15) is 67.2 Å². The molecule has 0 aromatic carbocycles. The zero-order chi connectivity index (χ0) is 12.7. The quantitative estimate of drug-likeness (QED) is 0.697. The summed E-state index contributed by atoms with van der Waals surface area (Å²) in [5.41, 5.74) is 0.0417. The third-order valence-corrected chi connectivity index (χ3v) is 1.57. The molecule has 0 unspecified atom stereocenters. The maximum absolute atomic E-state index is 7.32. The van der Waals surface area contributed by atoms with E-state index >= 15 is 0 Å². The van der Waals surface area contributed by atoms with E-state index in [2.05, 4.69) is 13.8 Å². The van der Waals surface area contributed by atoms with Gasteiger partial charge in [-0.1, -0.05) is 39.5 Å². The van der Waals surface area contributed by atoms with Crippen LogP contribution < -0.4 is 0 Å². The van der Waals surface area contributed by atoms with E-state index in [1.54, 1.807) is 13.2 Å². The summed E-state index contributed by atoms with van der Waals surface area (Å²) in [5.74, 6) is 0. The van der Waals surface area contributed by atoms with Gasteiger partial charge in [0.05, 0.1) is 11.7 Å². The summed E-state index contributed by atoms with van der Waals surface area (Å²) in [6.45, 7) is 12.0. The van der Waals surface area contributed by atoms with E-state index in [-0.39, 0.29) is 11.1 Å². The van der Waals surface area contributed by atoms with Gasteiger partial charge in [0.1, 0.15) is 0 Å². The van der Waals surface area contributed by atoms with E-state index in [1.807, 2.05) is 20.8 Å². The lowest BCUT2D eigenvalue weighted by Gasteiger charge is -2.14. The summed E-state index contributed by atoms with van der Waals surface area (Å²) >= 11 is 0. The molecule has 0 radical (unpaired) electrons. The van der Waals surface area contributed by atoms with Crippen molar-refractivity contribution in [1.82, 2.24) is 0 Å². The summed E-state index contributed by atoms with van der Waals surface area (Å²) in [5, 5.41) is 7.32. The SMILES string of the molecule is CC#N.CCCCCC.COC(C)(C)C.O. The molecule has 0 aromatic heterocycles. The molecule has 16 heavy (non-hydrogen) atoms. The molecule has 0 heterocycles. The minimum Gasteiger partial charge on any atom is -0.412 e. The Hall–Kier alpha value is -0.590. The van der Waals surface area contributed by atoms with E-state index in [0.29, 0.717) is 0 Å². The highest BCUT2D eigenvalue weighted by atomic mass is 16.5. The third-order valence-electron chi connectivity index (χ3n) is 1.57. The standard InChI is InChI=1S/C6H14.C5H12O.C2H3N.H2O/c1-3-5-6-4-2;1-5(2,3)6-4;1-2-3;/h3-6H2,1-2H3;1-4H3;1H3;1H2. The predicted molar refractivity (Wildman–Crippen MR) is 71.5 cm³/mol. The molecule has 0 saturated carbocycles. The highest BCUT2D eigenvalue weighted by molar-refractivity contribution is 4.55. The fourth-order valence-electron chi connectivity index (χ4n) is 0.500. The Morgan fingerprint density at radius 2 is 1.25 bits per heavy atom. The summed E-state index contributed by atoms with van der Waals surface area (Å²) < 4.78 is 4.94. The molecule has 100 valence electrons. The van der Waals surface area contributed by atoms with Gasteiger partial charge in [-0.15, -0.1) is 0 Å². The smallest absolute Gasteiger partial charge is 0.0594 e. The molecule has 0 aliphatic carbocycles. The maximum Gasteiger partial charge on any atom is 0.0594 e. The highest BCUT2D eigenvalue weighted by Gasteiger charge is 2.03. The van der Waals surface area contributed by atoms with Crippen LogP contribution in [0.25, 0.3) is 0 Å². The van der Waals surface area contributed by atoms with Crippen molar-refractivity contribution in [3.63, 3.8) is 0 Å². The largest absolute Gasteiger partial charge is 0.412 e. The van der Waals surface area contributed by atoms with Gasteiger partial charge in [0, 0.05) is 14.0 Å². The zero-order valence-corrected chi connectivity index (χ0v) is 12.2. The number of rotatable bonds is 3. The molecule has 3 nitrogen and oxygen atoms in total. The van der Waals surface area contributed by atoms with Crippen LogP contribution in [0.15, 0.2) is 0 Å². The first-order valence-corrected chi connectivity index (χ1v) is 5.75. The molecule has 3 heteroatoms. The number of ether oxygens (including phenoxy) is 1. The van der Waals surface area contributed by atoms with Crippen molar-refractivity contribution in [1.29, 1.82) is 5.26 Å². The van der Waals surface area contributed by atoms with Crippen LogP contribution in [-0.4, -0.2) is 18.2 Å². The van der Waals surface area contributed by atoms with Crippen molar-refractivity contribution in [2.24, 2.45) is 0 Å². The van der Waals surface area contributed by atoms with Crippen molar-refractivity contribution < 1.29 is 10.2 Å². The zero-order valence-electron chi connectivity index (χ0n) is 12.2. The van der Waals surface area contributed by atoms with E-state index in [9.17, 15) is 0 Å². The topological polar surface area (TPSA) is 64.5 Å². The Morgan fingerprint density at radius 1 is 1.06 bits per heavy atom. The van der Waals surface area contributed by atoms with E-state index in [1.165, 1.54) is 32.6 Å². The fourth-order valence-corrected chi connectivity index (χ4v) is 0.500. The van der Waals surface area contributed by atoms with Crippen molar-refractivity contribution in [3.8, 4) is 6.07 Å². The van der Waals surface area contributed by atoms with Gasteiger partial charge in [0.15, 0.2) is 0 Å². The number of methoxy groups -OCH3 is 1. The van der Waals surface area contributed by atoms with Gasteiger partial charge in [-0.05, 0) is 20.8 Å². The predicted octanol–water partition coefficient (Wildman–Crippen LogP) is 3.72. The average Bonchev–Trinajstić information content (AvgIpc) is 2.16. The maximum atomic E-state index is 7.32. The van der Waals surface area contributed by atoms with Crippen LogP contribution in [-0.2, 0) is 4.74 Å². The van der Waals surface area contributed by atoms with Gasteiger partial charge in [-0.25, -0.2) is 0 Å². The van der Waals surface area contributed by atoms with Gasteiger partial charge in [-0.2, -0.15) is 5.26 Å². The number of hydrogen-bond acceptors (Lipinski definition) is 2. The van der Waals surface area contributed by atoms with Crippen molar-refractivity contribution in [2.75, 3.05) is 7.11 Å². The Bertz CT molecular complexity index is 130. The van der Waals surface area contributed by atoms with Gasteiger partial charge in [0.2, 0.25) is 0 Å². The van der Waals surface area contributed by atoms with E-state index < -0.39 is 0 Å². The second kappa shape index (κ2) is 19.9. The lowest BCUT2D eigenvalue weighted by Crippen LogP contribution is -2.15. The molecule has 0 fully saturated rings. The van der Waals surface area contributed by atoms with Gasteiger partial charge >= 0.3 is 0 Å². The Kier molecular flexibility index (Phi) is 30.6. The Balaban J connectivity index is -0.0000000692. The normalized spacial score (nSPS) is 8.38. The lowest BCUT2D eigenvalue weighted by molar-refractivity contribution is 0.0397. The Labute approximate surface area is 102 Å². The number of hydrogen-bond donors (Lipinski definition) is 0. The molecule has 0 amide bonds. The second-order valence-corrected chi connectivity index (χ2v) is 4.25. The van der Waals surface area contributed by atoms with Gasteiger partial charge in [0.25, 0.3) is 0 Å². The molecular weight excluding hydrogens is 202 g/mol. The number of nitrogens with zero attached hydrogens (tertiary/aromatic N) is 1. The van der Waals surface area contributed by atoms with Crippen LogP contribution in [0, 0.1) is 11.3 Å². The van der Waals surface area contributed by atoms with Crippen LogP contribution in [0.3, 0.4) is 0 Å². The van der Waals surface area contributed by atoms with Gasteiger partial charge < -0.3 is 10.2 Å². The van der Waals surface area contributed by atoms with Crippen molar-refractivity contribution in [3.05, 3.63) is 0 Å². The molecule has 0 spiro atoms. The molecule has 0 aliphatic heterocycles. The average molecular weight is 233 g/mol. The first kappa shape index (κ1) is 24.6. The molecule has 0 aliphatic rings. The van der Waals surface area contributed by atoms with E-state index in [0.717, 1.165) is 0 Å². The summed E-state index contributed by atoms with van der Waals surface area (Å²) in [4.78, 5) is 0. The molecule has 0 rings (SSSR count). The van der Waals surface area contributed by atoms with Crippen molar-refractivity contribution >= 4 is 0 Å². The summed E-state index contributed by atoms with van der Waals surface area (Å²) in [7, 11) is 1.71. The first-order valence-electron chi connectivity index (χ1n) is 5.75. The molecule has 0 aromatic rings. The molecule has 0 bridgehead atoms. The van der Waals surface area contributed by atoms with Crippen LogP contribution >= 0.6 is 0 Å². The van der Waals surface area contributed by atoms with Gasteiger partial charge in [-0.3, -0.25) is 0 Å². The van der Waals surface area contributed by atoms with Crippen molar-refractivity contribution in [2.45, 2.75) is 72.8 Å². The molecule has 2 N–H and O–H groups in total. The Morgan fingerprint density at radius 3 is 1.31 bits per heavy atom. The van der Waals surface area contributed by atoms with Crippen LogP contribution in [0.4, 0.5) is 0 Å².